The van der Waals surface area contributed by atoms with E-state index < -0.39 is 16.0 Å². The Balaban J connectivity index is 4.39. The molecular weight excluding hydrogens is 154 g/mol. The van der Waals surface area contributed by atoms with Crippen molar-refractivity contribution in [3.05, 3.63) is 32.4 Å². The van der Waals surface area contributed by atoms with Gasteiger partial charge in [0.05, 0.1) is 12.1 Å². The molecule has 0 saturated carbocycles. The molecule has 0 rings (SSSR count). The summed E-state index contributed by atoms with van der Waals surface area (Å²) in [5.41, 5.74) is 0. The molecule has 0 aromatic carbocycles. The van der Waals surface area contributed by atoms with E-state index in [4.69, 9.17) is 5.26 Å². The number of nitriles is 1. The lowest BCUT2D eigenvalue weighted by molar-refractivity contribution is -0.727. The average molecular weight is 157 g/mol. The van der Waals surface area contributed by atoms with Crippen molar-refractivity contribution in [2.24, 2.45) is 0 Å². The molecule has 0 fully saturated rings. The van der Waals surface area contributed by atoms with Crippen LogP contribution in [0.3, 0.4) is 0 Å². The van der Waals surface area contributed by atoms with Crippen molar-refractivity contribution < 1.29 is 9.85 Å². The lowest BCUT2D eigenvalue weighted by Crippen LogP contribution is -2.25. The zero-order chi connectivity index (χ0) is 8.85. The fourth-order valence-corrected chi connectivity index (χ4v) is 0.347. The normalized spacial score (nSPS) is 9.82. The standard InChI is InChI=1S/C4H3N3O4/c5-3-1-2-4(6(8)9)7(10)11/h1-2,4H/b2-1+. The Hall–Kier alpha value is -1.97. The highest BCUT2D eigenvalue weighted by atomic mass is 16.7. The first-order valence-corrected chi connectivity index (χ1v) is 2.43. The first kappa shape index (κ1) is 9.03. The molecule has 0 saturated heterocycles. The molecule has 0 heterocycles. The van der Waals surface area contributed by atoms with Gasteiger partial charge in [0.15, 0.2) is 0 Å². The maximum Gasteiger partial charge on any atom is 0.470 e. The second-order valence-corrected chi connectivity index (χ2v) is 1.47. The fraction of sp³-hybridized carbons (Fsp3) is 0.250. The van der Waals surface area contributed by atoms with Gasteiger partial charge < -0.3 is 0 Å². The molecule has 11 heavy (non-hydrogen) atoms. The van der Waals surface area contributed by atoms with Crippen molar-refractivity contribution in [2.45, 2.75) is 6.17 Å². The first-order valence-electron chi connectivity index (χ1n) is 2.43. The van der Waals surface area contributed by atoms with E-state index in [0.29, 0.717) is 12.2 Å². The van der Waals surface area contributed by atoms with Crippen LogP contribution < -0.4 is 0 Å². The summed E-state index contributed by atoms with van der Waals surface area (Å²) in [7, 11) is 0. The van der Waals surface area contributed by atoms with Crippen molar-refractivity contribution in [1.29, 1.82) is 5.26 Å². The number of nitrogens with zero attached hydrogens (tertiary/aromatic N) is 3. The molecule has 0 aliphatic carbocycles. The minimum absolute atomic E-state index is 0.611. The maximum absolute atomic E-state index is 9.85. The molecule has 7 nitrogen and oxygen atoms in total. The van der Waals surface area contributed by atoms with E-state index in [-0.39, 0.29) is 0 Å². The van der Waals surface area contributed by atoms with Crippen molar-refractivity contribution >= 4 is 0 Å². The summed E-state index contributed by atoms with van der Waals surface area (Å²) in [6, 6.07) is 1.42. The van der Waals surface area contributed by atoms with Gasteiger partial charge in [-0.25, -0.2) is 0 Å². The third-order valence-electron chi connectivity index (χ3n) is 0.775. The van der Waals surface area contributed by atoms with E-state index in [1.165, 1.54) is 6.07 Å². The molecule has 0 spiro atoms. The topological polar surface area (TPSA) is 110 Å². The second kappa shape index (κ2) is 3.94. The van der Waals surface area contributed by atoms with E-state index >= 15 is 0 Å². The van der Waals surface area contributed by atoms with E-state index in [0.717, 1.165) is 0 Å². The predicted octanol–water partition coefficient (Wildman–Crippen LogP) is -0.0543. The summed E-state index contributed by atoms with van der Waals surface area (Å²) in [5, 5.41) is 27.6. The van der Waals surface area contributed by atoms with E-state index in [2.05, 4.69) is 0 Å². The van der Waals surface area contributed by atoms with E-state index in [1.807, 2.05) is 0 Å². The smallest absolute Gasteiger partial charge is 0.258 e. The first-order chi connectivity index (χ1) is 5.09. The summed E-state index contributed by atoms with van der Waals surface area (Å²) in [5.74, 6) is 0. The molecule has 0 N–H and O–H groups in total. The van der Waals surface area contributed by atoms with Gasteiger partial charge in [-0.3, -0.25) is 20.2 Å². The fourth-order valence-electron chi connectivity index (χ4n) is 0.347. The molecule has 0 aromatic rings. The van der Waals surface area contributed by atoms with Crippen molar-refractivity contribution in [1.82, 2.24) is 0 Å². The Morgan fingerprint density at radius 1 is 1.36 bits per heavy atom. The van der Waals surface area contributed by atoms with Gasteiger partial charge in [-0.05, 0) is 0 Å². The molecule has 0 radical (unpaired) electrons. The maximum atomic E-state index is 9.85. The van der Waals surface area contributed by atoms with Crippen molar-refractivity contribution in [3.63, 3.8) is 0 Å². The van der Waals surface area contributed by atoms with Gasteiger partial charge >= 0.3 is 6.17 Å². The second-order valence-electron chi connectivity index (χ2n) is 1.47. The van der Waals surface area contributed by atoms with Crippen LogP contribution in [0.2, 0.25) is 0 Å². The summed E-state index contributed by atoms with van der Waals surface area (Å²) in [4.78, 5) is 17.5. The van der Waals surface area contributed by atoms with Crippen LogP contribution in [0.15, 0.2) is 12.2 Å². The minimum atomic E-state index is -2.02. The summed E-state index contributed by atoms with van der Waals surface area (Å²) < 4.78 is 0. The summed E-state index contributed by atoms with van der Waals surface area (Å²) >= 11 is 0. The molecule has 0 bridgehead atoms. The van der Waals surface area contributed by atoms with E-state index in [9.17, 15) is 20.2 Å². The molecule has 58 valence electrons. The molecule has 0 unspecified atom stereocenters. The zero-order valence-electron chi connectivity index (χ0n) is 5.21. The Bertz CT molecular complexity index is 226. The van der Waals surface area contributed by atoms with Gasteiger partial charge in [0.1, 0.15) is 9.85 Å². The SMILES string of the molecule is N#C/C=C/C([N+](=O)[O-])[N+](=O)[O-]. The van der Waals surface area contributed by atoms with Crippen LogP contribution in [0.25, 0.3) is 0 Å². The van der Waals surface area contributed by atoms with Gasteiger partial charge in [-0.2, -0.15) is 5.26 Å². The van der Waals surface area contributed by atoms with Crippen LogP contribution in [0.5, 0.6) is 0 Å². The molecule has 0 aliphatic rings. The van der Waals surface area contributed by atoms with Crippen LogP contribution >= 0.6 is 0 Å². The molecular formula is C4H3N3O4. The van der Waals surface area contributed by atoms with E-state index in [1.54, 1.807) is 0 Å². The lowest BCUT2D eigenvalue weighted by Gasteiger charge is -1.92. The van der Waals surface area contributed by atoms with Crippen LogP contribution in [-0.4, -0.2) is 16.0 Å². The van der Waals surface area contributed by atoms with Crippen molar-refractivity contribution in [3.8, 4) is 6.07 Å². The monoisotopic (exact) mass is 157 g/mol. The number of hydrogen-bond acceptors (Lipinski definition) is 5. The van der Waals surface area contributed by atoms with Crippen molar-refractivity contribution in [2.75, 3.05) is 0 Å². The van der Waals surface area contributed by atoms with Crippen LogP contribution in [0.1, 0.15) is 0 Å². The largest absolute Gasteiger partial charge is 0.470 e. The van der Waals surface area contributed by atoms with Gasteiger partial charge in [0.2, 0.25) is 0 Å². The van der Waals surface area contributed by atoms with Crippen LogP contribution in [-0.2, 0) is 0 Å². The predicted molar refractivity (Wildman–Crippen MR) is 32.5 cm³/mol. The summed E-state index contributed by atoms with van der Waals surface area (Å²) in [6.07, 6.45) is -0.703. The van der Waals surface area contributed by atoms with Crippen LogP contribution in [0.4, 0.5) is 0 Å². The van der Waals surface area contributed by atoms with Gasteiger partial charge in [0.25, 0.3) is 0 Å². The third kappa shape index (κ3) is 2.90. The highest BCUT2D eigenvalue weighted by Gasteiger charge is 2.27. The van der Waals surface area contributed by atoms with Gasteiger partial charge in [-0.15, -0.1) is 0 Å². The quantitative estimate of drug-likeness (QED) is 0.246. The third-order valence-corrected chi connectivity index (χ3v) is 0.775. The molecule has 0 amide bonds. The number of nitro groups is 2. The number of hydrogen-bond donors (Lipinski definition) is 0. The lowest BCUT2D eigenvalue weighted by atomic mass is 10.4. The molecule has 0 atom stereocenters. The highest BCUT2D eigenvalue weighted by molar-refractivity contribution is 5.02. The number of rotatable bonds is 3. The average Bonchev–Trinajstić information content (AvgIpc) is 1.87. The van der Waals surface area contributed by atoms with Gasteiger partial charge in [-0.1, -0.05) is 0 Å². The molecule has 0 aromatic heterocycles. The zero-order valence-corrected chi connectivity index (χ0v) is 5.21. The van der Waals surface area contributed by atoms with Gasteiger partial charge in [0, 0.05) is 6.08 Å². The summed E-state index contributed by atoms with van der Waals surface area (Å²) in [6.45, 7) is 0. The highest BCUT2D eigenvalue weighted by Crippen LogP contribution is 1.92. The molecule has 7 heteroatoms. The Labute approximate surface area is 60.8 Å². The Kier molecular flexibility index (Phi) is 3.24. The Morgan fingerprint density at radius 3 is 2.09 bits per heavy atom. The number of allylic oxidation sites excluding steroid dienone is 1. The minimum Gasteiger partial charge on any atom is -0.258 e. The van der Waals surface area contributed by atoms with Crippen LogP contribution in [0, 0.1) is 31.6 Å². The Morgan fingerprint density at radius 2 is 1.82 bits per heavy atom. The molecule has 0 aliphatic heterocycles.